The van der Waals surface area contributed by atoms with Gasteiger partial charge in [-0.15, -0.1) is 11.3 Å². The van der Waals surface area contributed by atoms with Gasteiger partial charge < -0.3 is 11.1 Å². The number of rotatable bonds is 2. The number of nitrogens with zero attached hydrogens (tertiary/aromatic N) is 1. The summed E-state index contributed by atoms with van der Waals surface area (Å²) in [5.41, 5.74) is 10.6. The van der Waals surface area contributed by atoms with Gasteiger partial charge in [-0.25, -0.2) is 4.98 Å². The summed E-state index contributed by atoms with van der Waals surface area (Å²) < 4.78 is 1.10. The summed E-state index contributed by atoms with van der Waals surface area (Å²) in [6.07, 6.45) is 0. The van der Waals surface area contributed by atoms with E-state index in [2.05, 4.69) is 10.3 Å². The van der Waals surface area contributed by atoms with Gasteiger partial charge in [0.1, 0.15) is 0 Å². The first-order chi connectivity index (χ1) is 9.54. The number of halogens is 1. The van der Waals surface area contributed by atoms with Crippen LogP contribution in [0.1, 0.15) is 10.6 Å². The minimum Gasteiger partial charge on any atom is -0.397 e. The Morgan fingerprint density at radius 2 is 2.05 bits per heavy atom. The monoisotopic (exact) mass is 303 g/mol. The normalized spacial score (nSPS) is 10.9. The molecule has 1 aromatic heterocycles. The predicted molar refractivity (Wildman–Crippen MR) is 88.2 cm³/mol. The number of nitrogen functional groups attached to an aromatic ring is 1. The van der Waals surface area contributed by atoms with E-state index in [9.17, 15) is 0 Å². The van der Waals surface area contributed by atoms with Gasteiger partial charge in [-0.2, -0.15) is 0 Å². The van der Waals surface area contributed by atoms with Crippen LogP contribution in [0.25, 0.3) is 10.2 Å². The number of hydrogen-bond donors (Lipinski definition) is 2. The van der Waals surface area contributed by atoms with Crippen LogP contribution in [0, 0.1) is 13.8 Å². The number of fused-ring (bicyclic) bond motifs is 1. The molecule has 0 unspecified atom stereocenters. The molecule has 0 aliphatic rings. The summed E-state index contributed by atoms with van der Waals surface area (Å²) >= 11 is 7.88. The molecular weight excluding hydrogens is 290 g/mol. The van der Waals surface area contributed by atoms with Crippen LogP contribution in [0.2, 0.25) is 5.02 Å². The van der Waals surface area contributed by atoms with Gasteiger partial charge in [0.25, 0.3) is 0 Å². The van der Waals surface area contributed by atoms with Crippen molar-refractivity contribution in [3.05, 3.63) is 45.9 Å². The quantitative estimate of drug-likeness (QED) is 0.663. The fraction of sp³-hybridized carbons (Fsp3) is 0.133. The van der Waals surface area contributed by atoms with Crippen LogP contribution >= 0.6 is 22.9 Å². The molecular formula is C15H14ClN3S. The first-order valence-electron chi connectivity index (χ1n) is 6.23. The Bertz CT molecular complexity index is 775. The van der Waals surface area contributed by atoms with Crippen molar-refractivity contribution >= 4 is 50.2 Å². The number of hydrogen-bond acceptors (Lipinski definition) is 4. The molecule has 20 heavy (non-hydrogen) atoms. The molecule has 3 aromatic rings. The van der Waals surface area contributed by atoms with E-state index < -0.39 is 0 Å². The fourth-order valence-electron chi connectivity index (χ4n) is 2.14. The molecule has 0 spiro atoms. The molecule has 0 atom stereocenters. The molecule has 102 valence electrons. The van der Waals surface area contributed by atoms with Gasteiger partial charge in [-0.05, 0) is 37.6 Å². The van der Waals surface area contributed by atoms with Gasteiger partial charge in [-0.3, -0.25) is 0 Å². The lowest BCUT2D eigenvalue weighted by atomic mass is 10.2. The third-order valence-electron chi connectivity index (χ3n) is 3.15. The summed E-state index contributed by atoms with van der Waals surface area (Å²) in [6, 6.07) is 9.72. The number of aromatic nitrogens is 1. The van der Waals surface area contributed by atoms with Gasteiger partial charge in [0, 0.05) is 0 Å². The van der Waals surface area contributed by atoms with Crippen LogP contribution in [0.15, 0.2) is 30.3 Å². The highest BCUT2D eigenvalue weighted by Gasteiger charge is 2.09. The molecule has 3 N–H and O–H groups in total. The van der Waals surface area contributed by atoms with E-state index in [1.807, 2.05) is 44.2 Å². The molecule has 3 rings (SSSR count). The Balaban J connectivity index is 2.08. The van der Waals surface area contributed by atoms with Crippen LogP contribution in [-0.4, -0.2) is 4.98 Å². The highest BCUT2D eigenvalue weighted by atomic mass is 35.5. The second-order valence-electron chi connectivity index (χ2n) is 4.70. The molecule has 0 bridgehead atoms. The number of nitrogens with one attached hydrogen (secondary N) is 1. The molecule has 0 saturated heterocycles. The fourth-order valence-corrected chi connectivity index (χ4v) is 3.26. The van der Waals surface area contributed by atoms with Crippen molar-refractivity contribution < 1.29 is 0 Å². The molecule has 2 aromatic carbocycles. The average molecular weight is 304 g/mol. The maximum Gasteiger partial charge on any atom is 0.0907 e. The van der Waals surface area contributed by atoms with Crippen molar-refractivity contribution in [3.63, 3.8) is 0 Å². The van der Waals surface area contributed by atoms with Crippen molar-refractivity contribution in [2.75, 3.05) is 11.1 Å². The molecule has 1 heterocycles. The lowest BCUT2D eigenvalue weighted by molar-refractivity contribution is 1.34. The van der Waals surface area contributed by atoms with Crippen LogP contribution in [-0.2, 0) is 0 Å². The van der Waals surface area contributed by atoms with Crippen LogP contribution in [0.5, 0.6) is 0 Å². The maximum absolute atomic E-state index is 6.24. The summed E-state index contributed by atoms with van der Waals surface area (Å²) in [4.78, 5) is 4.49. The van der Waals surface area contributed by atoms with E-state index in [0.29, 0.717) is 10.7 Å². The SMILES string of the molecule is Cc1nc2cc(Nc3c(C)cccc3Cl)c(N)cc2s1. The second kappa shape index (κ2) is 4.96. The lowest BCUT2D eigenvalue weighted by Crippen LogP contribution is -1.98. The average Bonchev–Trinajstić information content (AvgIpc) is 2.73. The summed E-state index contributed by atoms with van der Waals surface area (Å²) in [5, 5.41) is 5.03. The first kappa shape index (κ1) is 13.2. The Hall–Kier alpha value is -1.78. The number of benzene rings is 2. The van der Waals surface area contributed by atoms with Crippen molar-refractivity contribution in [2.24, 2.45) is 0 Å². The topological polar surface area (TPSA) is 50.9 Å². The number of nitrogens with two attached hydrogens (primary N) is 1. The van der Waals surface area contributed by atoms with Gasteiger partial charge in [0.05, 0.1) is 37.3 Å². The van der Waals surface area contributed by atoms with E-state index in [-0.39, 0.29) is 0 Å². The molecule has 0 saturated carbocycles. The first-order valence-corrected chi connectivity index (χ1v) is 7.43. The van der Waals surface area contributed by atoms with Gasteiger partial charge >= 0.3 is 0 Å². The zero-order valence-corrected chi connectivity index (χ0v) is 12.8. The molecule has 5 heteroatoms. The Morgan fingerprint density at radius 3 is 2.80 bits per heavy atom. The van der Waals surface area contributed by atoms with E-state index in [0.717, 1.165) is 32.2 Å². The second-order valence-corrected chi connectivity index (χ2v) is 6.34. The molecule has 3 nitrogen and oxygen atoms in total. The maximum atomic E-state index is 6.24. The predicted octanol–water partition coefficient (Wildman–Crippen LogP) is 4.89. The highest BCUT2D eigenvalue weighted by molar-refractivity contribution is 7.18. The van der Waals surface area contributed by atoms with Crippen molar-refractivity contribution in [3.8, 4) is 0 Å². The minimum atomic E-state index is 0.680. The Morgan fingerprint density at radius 1 is 1.25 bits per heavy atom. The minimum absolute atomic E-state index is 0.680. The zero-order valence-electron chi connectivity index (χ0n) is 11.2. The summed E-state index contributed by atoms with van der Waals surface area (Å²) in [7, 11) is 0. The van der Waals surface area contributed by atoms with Gasteiger partial charge in [0.15, 0.2) is 0 Å². The molecule has 0 aliphatic heterocycles. The van der Waals surface area contributed by atoms with Crippen LogP contribution in [0.4, 0.5) is 17.1 Å². The third-order valence-corrected chi connectivity index (χ3v) is 4.40. The summed E-state index contributed by atoms with van der Waals surface area (Å²) in [6.45, 7) is 4.00. The molecule has 0 fully saturated rings. The van der Waals surface area contributed by atoms with Crippen molar-refractivity contribution in [1.82, 2.24) is 4.98 Å². The highest BCUT2D eigenvalue weighted by Crippen LogP contribution is 2.34. The molecule has 0 aliphatic carbocycles. The standard InChI is InChI=1S/C15H14ClN3S/c1-8-4-3-5-10(16)15(8)19-12-7-13-14(6-11(12)17)20-9(2)18-13/h3-7,19H,17H2,1-2H3. The number of aryl methyl sites for hydroxylation is 2. The Kier molecular flexibility index (Phi) is 3.28. The smallest absolute Gasteiger partial charge is 0.0907 e. The van der Waals surface area contributed by atoms with E-state index in [1.165, 1.54) is 0 Å². The van der Waals surface area contributed by atoms with E-state index >= 15 is 0 Å². The van der Waals surface area contributed by atoms with Crippen LogP contribution in [0.3, 0.4) is 0 Å². The molecule has 0 amide bonds. The largest absolute Gasteiger partial charge is 0.397 e. The summed E-state index contributed by atoms with van der Waals surface area (Å²) in [5.74, 6) is 0. The number of anilines is 3. The number of para-hydroxylation sites is 1. The lowest BCUT2D eigenvalue weighted by Gasteiger charge is -2.13. The van der Waals surface area contributed by atoms with Crippen molar-refractivity contribution in [1.29, 1.82) is 0 Å². The zero-order chi connectivity index (χ0) is 14.3. The number of thiazole rings is 1. The van der Waals surface area contributed by atoms with Gasteiger partial charge in [0.2, 0.25) is 0 Å². The van der Waals surface area contributed by atoms with E-state index in [4.69, 9.17) is 17.3 Å². The van der Waals surface area contributed by atoms with Gasteiger partial charge in [-0.1, -0.05) is 23.7 Å². The Labute approximate surface area is 126 Å². The van der Waals surface area contributed by atoms with Crippen molar-refractivity contribution in [2.45, 2.75) is 13.8 Å². The third kappa shape index (κ3) is 2.32. The molecule has 0 radical (unpaired) electrons. The van der Waals surface area contributed by atoms with Crippen LogP contribution < -0.4 is 11.1 Å². The van der Waals surface area contributed by atoms with E-state index in [1.54, 1.807) is 11.3 Å².